The molecule has 0 aliphatic carbocycles. The molecule has 0 saturated heterocycles. The number of benzene rings is 6. The van der Waals surface area contributed by atoms with Crippen molar-refractivity contribution in [3.8, 4) is 67.5 Å². The van der Waals surface area contributed by atoms with Crippen LogP contribution in [0.1, 0.15) is 142 Å². The van der Waals surface area contributed by atoms with Gasteiger partial charge in [-0.2, -0.15) is 0 Å². The Hall–Kier alpha value is -6.26. The van der Waals surface area contributed by atoms with Crippen molar-refractivity contribution in [3.63, 3.8) is 0 Å². The monoisotopic (exact) mass is 840 g/mol. The van der Waals surface area contributed by atoms with Crippen molar-refractivity contribution in [1.82, 2.24) is 14.5 Å². The van der Waals surface area contributed by atoms with Crippen LogP contribution in [0.4, 0.5) is 0 Å². The van der Waals surface area contributed by atoms with Crippen molar-refractivity contribution in [1.29, 1.82) is 0 Å². The third-order valence-corrected chi connectivity index (χ3v) is 12.1. The maximum Gasteiger partial charge on any atom is 0.149 e. The number of aromatic nitrogens is 3. The van der Waals surface area contributed by atoms with Gasteiger partial charge in [-0.1, -0.05) is 168 Å². The summed E-state index contributed by atoms with van der Waals surface area (Å²) >= 11 is 0. The molecule has 0 amide bonds. The van der Waals surface area contributed by atoms with Crippen LogP contribution < -0.4 is 0 Å². The van der Waals surface area contributed by atoms with Gasteiger partial charge in [0.2, 0.25) is 0 Å². The molecule has 320 valence electrons. The highest BCUT2D eigenvalue weighted by molar-refractivity contribution is 5.98. The Morgan fingerprint density at radius 2 is 1.30 bits per heavy atom. The second kappa shape index (κ2) is 16.8. The number of para-hydroxylation sites is 1. The molecule has 8 rings (SSSR count). The average molecular weight is 840 g/mol. The summed E-state index contributed by atoms with van der Waals surface area (Å²) in [5.74, 6) is -0.324. The fourth-order valence-corrected chi connectivity index (χ4v) is 8.32. The number of aromatic hydroxyl groups is 1. The number of imidazole rings is 1. The van der Waals surface area contributed by atoms with Crippen molar-refractivity contribution in [2.45, 2.75) is 111 Å². The Bertz CT molecular complexity index is 3300. The SMILES string of the molecule is [2H]C(C)(C)c1ccc(-c2ccnc(-c3cc(-c4cccc5c4nc(-c4cc(C(C)C)cc(C(C)C)c4O)n5-c4ccc(C(C([2H])([2H])[2H])(C([2H])([2H])[2H])C([2H])([2H])[2H])cc4-c4ccccc4)cc(C(C)(C)C)c3)c2)cc1. The largest absolute Gasteiger partial charge is 0.507 e. The quantitative estimate of drug-likeness (QED) is 0.158. The first-order chi connectivity index (χ1) is 33.9. The Morgan fingerprint density at radius 1 is 0.571 bits per heavy atom. The van der Waals surface area contributed by atoms with Gasteiger partial charge in [0.1, 0.15) is 11.6 Å². The van der Waals surface area contributed by atoms with Gasteiger partial charge in [0.25, 0.3) is 0 Å². The van der Waals surface area contributed by atoms with Gasteiger partial charge < -0.3 is 5.11 Å². The molecule has 8 aromatic rings. The summed E-state index contributed by atoms with van der Waals surface area (Å²) in [7, 11) is 0. The molecule has 0 atom stereocenters. The zero-order valence-electron chi connectivity index (χ0n) is 47.7. The maximum atomic E-state index is 12.4. The summed E-state index contributed by atoms with van der Waals surface area (Å²) in [6, 6.07) is 41.7. The minimum absolute atomic E-state index is 0.0441. The molecule has 0 aliphatic heterocycles. The lowest BCUT2D eigenvalue weighted by atomic mass is 9.83. The third-order valence-electron chi connectivity index (χ3n) is 12.1. The summed E-state index contributed by atoms with van der Waals surface area (Å²) in [5, 5.41) is 12.4. The molecule has 4 heteroatoms. The normalized spacial score (nSPS) is 15.4. The number of nitrogens with zero attached hydrogens (tertiary/aromatic N) is 3. The molecule has 0 radical (unpaired) electrons. The molecule has 6 aromatic carbocycles. The topological polar surface area (TPSA) is 50.9 Å². The van der Waals surface area contributed by atoms with E-state index in [0.717, 1.165) is 55.8 Å². The van der Waals surface area contributed by atoms with E-state index in [9.17, 15) is 5.11 Å². The van der Waals surface area contributed by atoms with E-state index < -0.39 is 31.9 Å². The molecule has 2 heterocycles. The zero-order valence-corrected chi connectivity index (χ0v) is 37.7. The van der Waals surface area contributed by atoms with Crippen molar-refractivity contribution < 1.29 is 18.8 Å². The van der Waals surface area contributed by atoms with Crippen LogP contribution in [0.25, 0.3) is 72.7 Å². The molecule has 63 heavy (non-hydrogen) atoms. The fraction of sp³-hybridized carbons (Fsp3) is 0.288. The lowest BCUT2D eigenvalue weighted by Gasteiger charge is -2.23. The zero-order chi connectivity index (χ0) is 53.4. The fourth-order valence-electron chi connectivity index (χ4n) is 8.32. The van der Waals surface area contributed by atoms with Gasteiger partial charge in [-0.25, -0.2) is 4.98 Å². The standard InChI is InChI=1S/C59H63N3O/c1-36(2)39-21-23-40(24-22-39)42-27-28-60-52(34-42)45-29-44(30-47(31-45)59(10,11)12)48-19-16-20-54-55(48)61-57(51-33-43(37(3)4)32-49(38(5)6)56(51)63)62(54)53-26-25-46(58(7,8)9)35-50(53)41-17-14-13-15-18-41/h13-38,63H,1-12H3/i7D3,8D3,9D3,36D. The van der Waals surface area contributed by atoms with Crippen LogP contribution in [0.15, 0.2) is 140 Å². The van der Waals surface area contributed by atoms with E-state index in [2.05, 4.69) is 58.9 Å². The number of phenols is 1. The molecule has 0 bridgehead atoms. The van der Waals surface area contributed by atoms with Crippen molar-refractivity contribution in [2.75, 3.05) is 0 Å². The predicted molar refractivity (Wildman–Crippen MR) is 267 cm³/mol. The van der Waals surface area contributed by atoms with Crippen molar-refractivity contribution in [3.05, 3.63) is 167 Å². The number of pyridine rings is 1. The molecule has 0 aliphatic rings. The summed E-state index contributed by atoms with van der Waals surface area (Å²) in [6.45, 7) is 7.97. The molecule has 0 unspecified atom stereocenters. The van der Waals surface area contributed by atoms with Crippen LogP contribution in [-0.4, -0.2) is 19.6 Å². The van der Waals surface area contributed by atoms with Crippen molar-refractivity contribution in [2.24, 2.45) is 0 Å². The van der Waals surface area contributed by atoms with Gasteiger partial charge in [-0.3, -0.25) is 9.55 Å². The average Bonchev–Trinajstić information content (AvgIpc) is 3.69. The second-order valence-electron chi connectivity index (χ2n) is 18.7. The number of hydrogen-bond acceptors (Lipinski definition) is 3. The summed E-state index contributed by atoms with van der Waals surface area (Å²) in [6.07, 6.45) is 1.81. The lowest BCUT2D eigenvalue weighted by Crippen LogP contribution is -2.12. The number of fused-ring (bicyclic) bond motifs is 1. The van der Waals surface area contributed by atoms with Crippen LogP contribution in [0.3, 0.4) is 0 Å². The van der Waals surface area contributed by atoms with Crippen LogP contribution in [0, 0.1) is 0 Å². The Labute approximate surface area is 389 Å². The van der Waals surface area contributed by atoms with E-state index >= 15 is 0 Å². The predicted octanol–water partition coefficient (Wildman–Crippen LogP) is 16.4. The Balaban J connectivity index is 1.46. The third kappa shape index (κ3) is 8.61. The van der Waals surface area contributed by atoms with Gasteiger partial charge in [-0.05, 0) is 127 Å². The van der Waals surface area contributed by atoms with E-state index in [-0.39, 0.29) is 28.6 Å². The number of rotatable bonds is 9. The van der Waals surface area contributed by atoms with E-state index in [1.54, 1.807) is 30.3 Å². The van der Waals surface area contributed by atoms with Crippen LogP contribution in [-0.2, 0) is 10.8 Å². The van der Waals surface area contributed by atoms with Gasteiger partial charge in [-0.15, -0.1) is 0 Å². The first kappa shape index (κ1) is 32.4. The minimum atomic E-state index is -3.49. The lowest BCUT2D eigenvalue weighted by molar-refractivity contribution is 0.466. The highest BCUT2D eigenvalue weighted by Crippen LogP contribution is 2.45. The summed E-state index contributed by atoms with van der Waals surface area (Å²) < 4.78 is 87.9. The Morgan fingerprint density at radius 3 is 1.97 bits per heavy atom. The molecule has 0 fully saturated rings. The van der Waals surface area contributed by atoms with Gasteiger partial charge in [0.05, 0.1) is 28.0 Å². The highest BCUT2D eigenvalue weighted by atomic mass is 16.3. The second-order valence-corrected chi connectivity index (χ2v) is 18.7. The highest BCUT2D eigenvalue weighted by Gasteiger charge is 2.27. The summed E-state index contributed by atoms with van der Waals surface area (Å²) in [5.41, 5.74) is 8.03. The molecular weight excluding hydrogens is 767 g/mol. The van der Waals surface area contributed by atoms with Crippen LogP contribution >= 0.6 is 0 Å². The smallest absolute Gasteiger partial charge is 0.149 e. The van der Waals surface area contributed by atoms with E-state index in [0.29, 0.717) is 39.2 Å². The number of hydrogen-bond donors (Lipinski definition) is 1. The molecule has 0 spiro atoms. The maximum absolute atomic E-state index is 12.4. The Kier molecular flexibility index (Phi) is 8.64. The molecule has 0 saturated carbocycles. The summed E-state index contributed by atoms with van der Waals surface area (Å²) in [4.78, 5) is 10.4. The van der Waals surface area contributed by atoms with E-state index in [1.165, 1.54) is 12.1 Å². The van der Waals surface area contributed by atoms with Crippen LogP contribution in [0.5, 0.6) is 5.75 Å². The molecule has 1 N–H and O–H groups in total. The first-order valence-corrected chi connectivity index (χ1v) is 21.8. The minimum Gasteiger partial charge on any atom is -0.507 e. The van der Waals surface area contributed by atoms with E-state index in [1.807, 2.05) is 105 Å². The number of phenolic OH excluding ortho intramolecular Hbond substituents is 1. The molecule has 2 aromatic heterocycles. The molecular formula is C59H63N3O. The van der Waals surface area contributed by atoms with Gasteiger partial charge in [0, 0.05) is 36.6 Å². The van der Waals surface area contributed by atoms with Crippen LogP contribution in [0.2, 0.25) is 0 Å². The van der Waals surface area contributed by atoms with Gasteiger partial charge in [0.15, 0.2) is 0 Å². The van der Waals surface area contributed by atoms with Gasteiger partial charge >= 0.3 is 0 Å². The van der Waals surface area contributed by atoms with E-state index in [4.69, 9.17) is 23.7 Å². The van der Waals surface area contributed by atoms with Crippen molar-refractivity contribution >= 4 is 11.0 Å². The first-order valence-electron chi connectivity index (χ1n) is 26.8. The molecule has 4 nitrogen and oxygen atoms in total.